The molecule has 130 valence electrons. The van der Waals surface area contributed by atoms with Crippen LogP contribution in [0.4, 0.5) is 4.39 Å². The Morgan fingerprint density at radius 2 is 1.96 bits per heavy atom. The third kappa shape index (κ3) is 4.69. The molecule has 1 atom stereocenters. The Labute approximate surface area is 142 Å². The van der Waals surface area contributed by atoms with Gasteiger partial charge in [-0.3, -0.25) is 0 Å². The maximum atomic E-state index is 13.6. The van der Waals surface area contributed by atoms with Crippen molar-refractivity contribution >= 4 is 0 Å². The van der Waals surface area contributed by atoms with E-state index in [4.69, 9.17) is 14.6 Å². The molecule has 0 radical (unpaired) electrons. The second-order valence-electron chi connectivity index (χ2n) is 5.67. The monoisotopic (exact) mass is 333 g/mol. The topological polar surface area (TPSA) is 50.7 Å². The average molecular weight is 333 g/mol. The third-order valence-corrected chi connectivity index (χ3v) is 3.89. The van der Waals surface area contributed by atoms with Crippen molar-refractivity contribution in [3.8, 4) is 11.5 Å². The molecule has 0 saturated heterocycles. The van der Waals surface area contributed by atoms with Crippen molar-refractivity contribution < 1.29 is 19.0 Å². The van der Waals surface area contributed by atoms with Crippen LogP contribution in [0.15, 0.2) is 36.4 Å². The molecule has 0 heterocycles. The van der Waals surface area contributed by atoms with Crippen molar-refractivity contribution in [1.29, 1.82) is 0 Å². The van der Waals surface area contributed by atoms with Gasteiger partial charge in [0.2, 0.25) is 0 Å². The number of rotatable bonds is 8. The lowest BCUT2D eigenvalue weighted by atomic mass is 10.1. The van der Waals surface area contributed by atoms with Gasteiger partial charge in [-0.1, -0.05) is 18.2 Å². The van der Waals surface area contributed by atoms with E-state index in [0.29, 0.717) is 23.6 Å². The van der Waals surface area contributed by atoms with Crippen molar-refractivity contribution in [2.24, 2.45) is 0 Å². The van der Waals surface area contributed by atoms with Crippen LogP contribution in [-0.4, -0.2) is 25.4 Å². The normalized spacial score (nSPS) is 12.0. The van der Waals surface area contributed by atoms with Gasteiger partial charge in [0.1, 0.15) is 12.4 Å². The molecular weight excluding hydrogens is 309 g/mol. The molecule has 0 aliphatic heterocycles. The Hall–Kier alpha value is -2.11. The van der Waals surface area contributed by atoms with E-state index >= 15 is 0 Å². The van der Waals surface area contributed by atoms with Gasteiger partial charge in [-0.2, -0.15) is 0 Å². The fraction of sp³-hybridized carbons (Fsp3) is 0.368. The number of halogens is 1. The lowest BCUT2D eigenvalue weighted by Crippen LogP contribution is -2.18. The molecule has 5 heteroatoms. The Balaban J connectivity index is 2.03. The second kappa shape index (κ2) is 8.66. The van der Waals surface area contributed by atoms with Crippen LogP contribution >= 0.6 is 0 Å². The molecule has 0 fully saturated rings. The molecule has 2 aromatic rings. The fourth-order valence-electron chi connectivity index (χ4n) is 2.36. The van der Waals surface area contributed by atoms with Gasteiger partial charge >= 0.3 is 0 Å². The van der Waals surface area contributed by atoms with Crippen LogP contribution in [0, 0.1) is 12.7 Å². The van der Waals surface area contributed by atoms with Gasteiger partial charge in [0.25, 0.3) is 0 Å². The lowest BCUT2D eigenvalue weighted by molar-refractivity contribution is 0.196. The molecule has 4 nitrogen and oxygen atoms in total. The molecule has 0 saturated carbocycles. The number of aryl methyl sites for hydroxylation is 1. The average Bonchev–Trinajstić information content (AvgIpc) is 2.60. The highest BCUT2D eigenvalue weighted by Crippen LogP contribution is 2.30. The molecule has 24 heavy (non-hydrogen) atoms. The first-order chi connectivity index (χ1) is 11.5. The van der Waals surface area contributed by atoms with Gasteiger partial charge in [-0.05, 0) is 48.7 Å². The first kappa shape index (κ1) is 18.2. The van der Waals surface area contributed by atoms with E-state index in [-0.39, 0.29) is 25.1 Å². The predicted molar refractivity (Wildman–Crippen MR) is 92.0 cm³/mol. The number of hydrogen-bond donors (Lipinski definition) is 2. The summed E-state index contributed by atoms with van der Waals surface area (Å²) >= 11 is 0. The quantitative estimate of drug-likeness (QED) is 0.778. The van der Waals surface area contributed by atoms with E-state index in [1.165, 1.54) is 0 Å². The summed E-state index contributed by atoms with van der Waals surface area (Å²) in [6.07, 6.45) is 0. The SMILES string of the molecule is COc1cc(C(C)NCc2ccc(C)c(F)c2)ccc1OCCO. The zero-order chi connectivity index (χ0) is 17.5. The van der Waals surface area contributed by atoms with Crippen LogP contribution in [0.2, 0.25) is 0 Å². The maximum absolute atomic E-state index is 13.6. The number of methoxy groups -OCH3 is 1. The molecule has 1 unspecified atom stereocenters. The number of ether oxygens (including phenoxy) is 2. The summed E-state index contributed by atoms with van der Waals surface area (Å²) in [6.45, 7) is 4.54. The molecule has 0 bridgehead atoms. The smallest absolute Gasteiger partial charge is 0.161 e. The highest BCUT2D eigenvalue weighted by Gasteiger charge is 2.11. The zero-order valence-electron chi connectivity index (χ0n) is 14.3. The summed E-state index contributed by atoms with van der Waals surface area (Å²) in [5, 5.41) is 12.2. The maximum Gasteiger partial charge on any atom is 0.161 e. The molecule has 2 aromatic carbocycles. The van der Waals surface area contributed by atoms with E-state index in [1.807, 2.05) is 31.2 Å². The molecule has 2 rings (SSSR count). The molecule has 0 aliphatic rings. The van der Waals surface area contributed by atoms with Crippen LogP contribution in [0.1, 0.15) is 29.7 Å². The number of benzene rings is 2. The molecule has 0 aliphatic carbocycles. The minimum Gasteiger partial charge on any atom is -0.493 e. The van der Waals surface area contributed by atoms with Gasteiger partial charge in [-0.15, -0.1) is 0 Å². The van der Waals surface area contributed by atoms with E-state index in [2.05, 4.69) is 5.32 Å². The molecule has 0 amide bonds. The van der Waals surface area contributed by atoms with Gasteiger partial charge in [0.15, 0.2) is 11.5 Å². The second-order valence-corrected chi connectivity index (χ2v) is 5.67. The number of aliphatic hydroxyl groups excluding tert-OH is 1. The molecule has 0 aromatic heterocycles. The van der Waals surface area contributed by atoms with Crippen LogP contribution in [0.5, 0.6) is 11.5 Å². The Bertz CT molecular complexity index is 676. The van der Waals surface area contributed by atoms with Gasteiger partial charge < -0.3 is 19.9 Å². The Kier molecular flexibility index (Phi) is 6.58. The summed E-state index contributed by atoms with van der Waals surface area (Å²) in [5.41, 5.74) is 2.59. The molecule has 2 N–H and O–H groups in total. The van der Waals surface area contributed by atoms with Crippen LogP contribution in [0.25, 0.3) is 0 Å². The standard InChI is InChI=1S/C19H24FNO3/c1-13-4-5-15(10-17(13)20)12-21-14(2)16-6-7-18(24-9-8-22)19(11-16)23-3/h4-7,10-11,14,21-22H,8-9,12H2,1-3H3. The largest absolute Gasteiger partial charge is 0.493 e. The highest BCUT2D eigenvalue weighted by atomic mass is 19.1. The molecule has 0 spiro atoms. The van der Waals surface area contributed by atoms with Crippen molar-refractivity contribution in [1.82, 2.24) is 5.32 Å². The van der Waals surface area contributed by atoms with E-state index in [1.54, 1.807) is 26.2 Å². The molecular formula is C19H24FNO3. The Morgan fingerprint density at radius 1 is 1.17 bits per heavy atom. The summed E-state index contributed by atoms with van der Waals surface area (Å²) in [4.78, 5) is 0. The highest BCUT2D eigenvalue weighted by molar-refractivity contribution is 5.43. The van der Waals surface area contributed by atoms with Crippen LogP contribution < -0.4 is 14.8 Å². The Morgan fingerprint density at radius 3 is 2.62 bits per heavy atom. The van der Waals surface area contributed by atoms with Crippen molar-refractivity contribution in [3.05, 3.63) is 58.9 Å². The summed E-state index contributed by atoms with van der Waals surface area (Å²) in [7, 11) is 1.58. The van der Waals surface area contributed by atoms with E-state index in [0.717, 1.165) is 11.1 Å². The zero-order valence-corrected chi connectivity index (χ0v) is 14.3. The van der Waals surface area contributed by atoms with E-state index < -0.39 is 0 Å². The van der Waals surface area contributed by atoms with E-state index in [9.17, 15) is 4.39 Å². The number of aliphatic hydroxyl groups is 1. The number of hydrogen-bond acceptors (Lipinski definition) is 4. The minimum atomic E-state index is -0.186. The predicted octanol–water partition coefficient (Wildman–Crippen LogP) is 3.36. The van der Waals surface area contributed by atoms with Gasteiger partial charge in [-0.25, -0.2) is 4.39 Å². The summed E-state index contributed by atoms with van der Waals surface area (Å²) < 4.78 is 24.4. The van der Waals surface area contributed by atoms with Crippen molar-refractivity contribution in [2.45, 2.75) is 26.4 Å². The van der Waals surface area contributed by atoms with Crippen LogP contribution in [0.3, 0.4) is 0 Å². The van der Waals surface area contributed by atoms with Gasteiger partial charge in [0, 0.05) is 12.6 Å². The summed E-state index contributed by atoms with van der Waals surface area (Å²) in [5.74, 6) is 1.04. The van der Waals surface area contributed by atoms with Gasteiger partial charge in [0.05, 0.1) is 13.7 Å². The first-order valence-corrected chi connectivity index (χ1v) is 7.95. The van der Waals surface area contributed by atoms with Crippen LogP contribution in [-0.2, 0) is 6.54 Å². The van der Waals surface area contributed by atoms with Crippen molar-refractivity contribution in [3.63, 3.8) is 0 Å². The first-order valence-electron chi connectivity index (χ1n) is 7.95. The third-order valence-electron chi connectivity index (χ3n) is 3.89. The van der Waals surface area contributed by atoms with Crippen molar-refractivity contribution in [2.75, 3.05) is 20.3 Å². The fourth-order valence-corrected chi connectivity index (χ4v) is 2.36. The minimum absolute atomic E-state index is 0.0457. The lowest BCUT2D eigenvalue weighted by Gasteiger charge is -2.17. The number of nitrogens with one attached hydrogen (secondary N) is 1. The summed E-state index contributed by atoms with van der Waals surface area (Å²) in [6, 6.07) is 11.0.